The molecule has 10 nitrogen and oxygen atoms in total. The van der Waals surface area contributed by atoms with E-state index in [0.29, 0.717) is 58.9 Å². The van der Waals surface area contributed by atoms with Crippen LogP contribution >= 0.6 is 11.6 Å². The lowest BCUT2D eigenvalue weighted by Crippen LogP contribution is -2.48. The van der Waals surface area contributed by atoms with Gasteiger partial charge >= 0.3 is 0 Å². The Morgan fingerprint density at radius 1 is 1.23 bits per heavy atom. The minimum absolute atomic E-state index is 0.00763. The van der Waals surface area contributed by atoms with E-state index in [4.69, 9.17) is 31.7 Å². The number of piperidine rings is 1. The van der Waals surface area contributed by atoms with Crippen LogP contribution in [0.25, 0.3) is 17.0 Å². The first-order chi connectivity index (χ1) is 19.1. The number of aliphatic hydroxyl groups excluding tert-OH is 2. The zero-order valence-electron chi connectivity index (χ0n) is 23.6. The summed E-state index contributed by atoms with van der Waals surface area (Å²) in [7, 11) is 1.76. The Morgan fingerprint density at radius 3 is 2.50 bits per heavy atom. The first-order valence-corrected chi connectivity index (χ1v) is 14.1. The van der Waals surface area contributed by atoms with Crippen LogP contribution in [-0.4, -0.2) is 89.2 Å². The van der Waals surface area contributed by atoms with Gasteiger partial charge in [-0.2, -0.15) is 0 Å². The second-order valence-electron chi connectivity index (χ2n) is 10.5. The molecule has 216 valence electrons. The summed E-state index contributed by atoms with van der Waals surface area (Å²) >= 11 is 6.63. The Balaban J connectivity index is 1.71. The van der Waals surface area contributed by atoms with Crippen molar-refractivity contribution in [2.45, 2.75) is 46.1 Å². The van der Waals surface area contributed by atoms with E-state index in [0.717, 1.165) is 37.9 Å². The highest BCUT2D eigenvalue weighted by molar-refractivity contribution is 6.33. The topological polar surface area (TPSA) is 135 Å². The number of amides is 1. The van der Waals surface area contributed by atoms with Gasteiger partial charge in [0.15, 0.2) is 5.82 Å². The molecule has 2 saturated heterocycles. The summed E-state index contributed by atoms with van der Waals surface area (Å²) < 4.78 is 5.80. The average molecular weight is 571 g/mol. The van der Waals surface area contributed by atoms with Crippen LogP contribution in [-0.2, 0) is 4.79 Å². The first kappa shape index (κ1) is 29.8. The molecular formula is C29H39ClN6O4. The third-order valence-corrected chi connectivity index (χ3v) is 7.80. The van der Waals surface area contributed by atoms with Crippen molar-refractivity contribution in [3.8, 4) is 17.1 Å². The number of likely N-dealkylation sites (tertiary alicyclic amines) is 1. The van der Waals surface area contributed by atoms with Gasteiger partial charge in [0, 0.05) is 55.5 Å². The molecule has 1 amide bonds. The fourth-order valence-electron chi connectivity index (χ4n) is 5.18. The summed E-state index contributed by atoms with van der Waals surface area (Å²) in [6.45, 7) is 8.56. The van der Waals surface area contributed by atoms with Crippen LogP contribution in [0.2, 0.25) is 5.02 Å². The quantitative estimate of drug-likeness (QED) is 0.250. The maximum Gasteiger partial charge on any atom is 0.225 e. The number of rotatable bonds is 10. The van der Waals surface area contributed by atoms with Crippen LogP contribution < -0.4 is 15.0 Å². The van der Waals surface area contributed by atoms with Crippen molar-refractivity contribution in [2.75, 3.05) is 51.3 Å². The Hall–Kier alpha value is -3.21. The van der Waals surface area contributed by atoms with E-state index in [1.165, 1.54) is 0 Å². The number of anilines is 1. The molecule has 0 radical (unpaired) electrons. The predicted octanol–water partition coefficient (Wildman–Crippen LogP) is 3.84. The molecule has 4 rings (SSSR count). The number of aromatic nitrogens is 2. The van der Waals surface area contributed by atoms with Gasteiger partial charge in [-0.25, -0.2) is 9.97 Å². The fraction of sp³-hybridized carbons (Fsp3) is 0.517. The van der Waals surface area contributed by atoms with E-state index in [9.17, 15) is 15.0 Å². The average Bonchev–Trinajstić information content (AvgIpc) is 2.88. The lowest BCUT2D eigenvalue weighted by molar-refractivity contribution is -0.139. The number of halogens is 1. The van der Waals surface area contributed by atoms with E-state index >= 15 is 0 Å². The lowest BCUT2D eigenvalue weighted by atomic mass is 9.93. The number of aliphatic hydroxyl groups is 2. The molecule has 1 aromatic carbocycles. The molecule has 2 aliphatic heterocycles. The van der Waals surface area contributed by atoms with Crippen molar-refractivity contribution in [1.82, 2.24) is 20.2 Å². The van der Waals surface area contributed by atoms with Gasteiger partial charge in [0.1, 0.15) is 30.0 Å². The molecule has 2 aromatic rings. The van der Waals surface area contributed by atoms with Crippen molar-refractivity contribution < 1.29 is 19.7 Å². The van der Waals surface area contributed by atoms with Gasteiger partial charge in [-0.3, -0.25) is 4.79 Å². The molecule has 11 heteroatoms. The number of carbonyl (C=O) groups excluding carboxylic acids is 1. The monoisotopic (exact) mass is 570 g/mol. The van der Waals surface area contributed by atoms with E-state index in [1.54, 1.807) is 39.1 Å². The van der Waals surface area contributed by atoms with E-state index in [-0.39, 0.29) is 29.9 Å². The highest BCUT2D eigenvalue weighted by Gasteiger charge is 2.32. The number of ether oxygens (including phenoxy) is 1. The van der Waals surface area contributed by atoms with Gasteiger partial charge < -0.3 is 35.5 Å². The van der Waals surface area contributed by atoms with Crippen molar-refractivity contribution in [1.29, 1.82) is 5.41 Å². The molecule has 3 heterocycles. The molecule has 2 aliphatic rings. The van der Waals surface area contributed by atoms with Gasteiger partial charge in [0.05, 0.1) is 16.3 Å². The van der Waals surface area contributed by atoms with Crippen LogP contribution in [0.5, 0.6) is 5.75 Å². The number of carbonyl (C=O) groups is 1. The van der Waals surface area contributed by atoms with Crippen LogP contribution in [0.15, 0.2) is 24.0 Å². The maximum atomic E-state index is 12.8. The first-order valence-electron chi connectivity index (χ1n) is 13.7. The standard InChI is InChI=1S/C29H39ClN6O4/c1-17-26(25(18(2)31)19(3)37)33-27(23-14-22(6-7-24(23)30)40-16-21(38)15-32-4)34-28(17)35-12-8-20(9-13-35)29(39)36-10-5-11-36/h6-7,14,20-21,31-32,37-38H,5,8-13,15-16H2,1-4H3/b25-19+,31-18?/t21-/m1/s1. The smallest absolute Gasteiger partial charge is 0.225 e. The molecule has 1 atom stereocenters. The third-order valence-electron chi connectivity index (χ3n) is 7.47. The Morgan fingerprint density at radius 2 is 1.93 bits per heavy atom. The molecule has 2 fully saturated rings. The highest BCUT2D eigenvalue weighted by atomic mass is 35.5. The molecule has 0 bridgehead atoms. The zero-order chi connectivity index (χ0) is 29.0. The Labute approximate surface area is 240 Å². The summed E-state index contributed by atoms with van der Waals surface area (Å²) in [6.07, 6.45) is 1.86. The summed E-state index contributed by atoms with van der Waals surface area (Å²) in [4.78, 5) is 26.6. The van der Waals surface area contributed by atoms with Gasteiger partial charge in [-0.05, 0) is 65.3 Å². The van der Waals surface area contributed by atoms with E-state index < -0.39 is 6.10 Å². The van der Waals surface area contributed by atoms with Crippen LogP contribution in [0.4, 0.5) is 5.82 Å². The van der Waals surface area contributed by atoms with Crippen molar-refractivity contribution in [3.05, 3.63) is 40.2 Å². The number of nitrogens with one attached hydrogen (secondary N) is 2. The van der Waals surface area contributed by atoms with Crippen LogP contribution in [0, 0.1) is 18.3 Å². The number of nitrogens with zero attached hydrogens (tertiary/aromatic N) is 4. The van der Waals surface area contributed by atoms with Crippen LogP contribution in [0.1, 0.15) is 44.4 Å². The second kappa shape index (κ2) is 13.0. The largest absolute Gasteiger partial charge is 0.512 e. The van der Waals surface area contributed by atoms with E-state index in [1.807, 2.05) is 11.8 Å². The van der Waals surface area contributed by atoms with Crippen molar-refractivity contribution >= 4 is 34.6 Å². The van der Waals surface area contributed by atoms with E-state index in [2.05, 4.69) is 10.2 Å². The Kier molecular flexibility index (Phi) is 9.65. The number of allylic oxidation sites excluding steroid dienone is 2. The maximum absolute atomic E-state index is 12.8. The number of hydrogen-bond acceptors (Lipinski definition) is 9. The molecule has 40 heavy (non-hydrogen) atoms. The zero-order valence-corrected chi connectivity index (χ0v) is 24.4. The Bertz CT molecular complexity index is 1280. The van der Waals surface area contributed by atoms with Crippen LogP contribution in [0.3, 0.4) is 0 Å². The third kappa shape index (κ3) is 6.56. The molecule has 1 aromatic heterocycles. The molecule has 0 aliphatic carbocycles. The predicted molar refractivity (Wildman–Crippen MR) is 157 cm³/mol. The SMILES string of the molecule is CNC[C@@H](O)COc1ccc(Cl)c(-c2nc(/C(C(C)=N)=C(\C)O)c(C)c(N3CCC(C(=O)N4CCC4)CC3)n2)c1. The minimum atomic E-state index is -0.676. The van der Waals surface area contributed by atoms with Crippen molar-refractivity contribution in [3.63, 3.8) is 0 Å². The summed E-state index contributed by atoms with van der Waals surface area (Å²) in [5.41, 5.74) is 2.25. The van der Waals surface area contributed by atoms with Crippen molar-refractivity contribution in [2.24, 2.45) is 5.92 Å². The molecule has 0 saturated carbocycles. The summed E-state index contributed by atoms with van der Waals surface area (Å²) in [5, 5.41) is 32.2. The lowest BCUT2D eigenvalue weighted by Gasteiger charge is -2.38. The molecule has 4 N–H and O–H groups in total. The second-order valence-corrected chi connectivity index (χ2v) is 10.9. The van der Waals surface area contributed by atoms with Gasteiger partial charge in [-0.1, -0.05) is 11.6 Å². The number of benzene rings is 1. The minimum Gasteiger partial charge on any atom is -0.512 e. The molecule has 0 spiro atoms. The summed E-state index contributed by atoms with van der Waals surface area (Å²) in [5.74, 6) is 1.77. The number of likely N-dealkylation sites (N-methyl/N-ethyl adjacent to an activating group) is 1. The molecule has 0 unspecified atom stereocenters. The van der Waals surface area contributed by atoms with Gasteiger partial charge in [-0.15, -0.1) is 0 Å². The van der Waals surface area contributed by atoms with Gasteiger partial charge in [0.25, 0.3) is 0 Å². The molecular weight excluding hydrogens is 532 g/mol. The highest BCUT2D eigenvalue weighted by Crippen LogP contribution is 2.36. The van der Waals surface area contributed by atoms with Gasteiger partial charge in [0.2, 0.25) is 5.91 Å². The normalized spacial score (nSPS) is 17.2. The summed E-state index contributed by atoms with van der Waals surface area (Å²) in [6, 6.07) is 5.15. The number of hydrogen-bond donors (Lipinski definition) is 4. The fourth-order valence-corrected chi connectivity index (χ4v) is 5.38.